The second-order valence-corrected chi connectivity index (χ2v) is 5.92. The van der Waals surface area contributed by atoms with Gasteiger partial charge >= 0.3 is 6.09 Å². The number of aromatic nitrogens is 2. The number of likely N-dealkylation sites (tertiary alicyclic amines) is 1. The molecule has 1 fully saturated rings. The van der Waals surface area contributed by atoms with E-state index in [0.717, 1.165) is 18.5 Å². The second kappa shape index (κ2) is 6.03. The van der Waals surface area contributed by atoms with Crippen molar-refractivity contribution in [2.24, 2.45) is 0 Å². The van der Waals surface area contributed by atoms with Crippen LogP contribution in [-0.4, -0.2) is 39.9 Å². The van der Waals surface area contributed by atoms with Crippen LogP contribution >= 0.6 is 0 Å². The maximum atomic E-state index is 11.9. The quantitative estimate of drug-likeness (QED) is 0.790. The van der Waals surface area contributed by atoms with Crippen LogP contribution in [0.25, 0.3) is 6.08 Å². The molecule has 0 aromatic carbocycles. The van der Waals surface area contributed by atoms with Crippen LogP contribution in [0.1, 0.15) is 39.3 Å². The number of carbonyl (C=O) groups excluding carboxylic acids is 1. The van der Waals surface area contributed by atoms with Gasteiger partial charge in [-0.15, -0.1) is 0 Å². The van der Waals surface area contributed by atoms with Crippen LogP contribution in [0, 0.1) is 0 Å². The minimum Gasteiger partial charge on any atom is -0.444 e. The number of hydrogen-bond donors (Lipinski definition) is 0. The lowest BCUT2D eigenvalue weighted by Crippen LogP contribution is -2.40. The molecular weight excluding hydrogens is 254 g/mol. The van der Waals surface area contributed by atoms with Gasteiger partial charge in [0.2, 0.25) is 0 Å². The summed E-state index contributed by atoms with van der Waals surface area (Å²) >= 11 is 0. The molecule has 1 aromatic heterocycles. The van der Waals surface area contributed by atoms with E-state index in [1.165, 1.54) is 5.57 Å². The van der Waals surface area contributed by atoms with Gasteiger partial charge in [0.25, 0.3) is 0 Å². The average molecular weight is 275 g/mol. The van der Waals surface area contributed by atoms with Crippen molar-refractivity contribution in [3.63, 3.8) is 0 Å². The molecule has 1 aliphatic heterocycles. The number of nitrogens with zero attached hydrogens (tertiary/aromatic N) is 3. The fourth-order valence-electron chi connectivity index (χ4n) is 2.05. The van der Waals surface area contributed by atoms with Crippen molar-refractivity contribution in [3.8, 4) is 0 Å². The van der Waals surface area contributed by atoms with Crippen LogP contribution in [0.3, 0.4) is 0 Å². The Morgan fingerprint density at radius 2 is 2.05 bits per heavy atom. The lowest BCUT2D eigenvalue weighted by atomic mass is 10.0. The first-order valence-electron chi connectivity index (χ1n) is 6.89. The lowest BCUT2D eigenvalue weighted by molar-refractivity contribution is 0.0237. The summed E-state index contributed by atoms with van der Waals surface area (Å²) in [6.07, 6.45) is 5.20. The van der Waals surface area contributed by atoms with Crippen molar-refractivity contribution in [1.82, 2.24) is 15.1 Å². The first-order chi connectivity index (χ1) is 9.44. The van der Waals surface area contributed by atoms with E-state index in [1.54, 1.807) is 11.1 Å². The number of hydrogen-bond acceptors (Lipinski definition) is 4. The Balaban J connectivity index is 1.90. The minimum atomic E-state index is -0.438. The van der Waals surface area contributed by atoms with Gasteiger partial charge in [-0.25, -0.2) is 4.79 Å². The average Bonchev–Trinajstić information content (AvgIpc) is 2.39. The highest BCUT2D eigenvalue weighted by molar-refractivity contribution is 5.68. The van der Waals surface area contributed by atoms with E-state index in [-0.39, 0.29) is 6.09 Å². The van der Waals surface area contributed by atoms with Gasteiger partial charge in [0.15, 0.2) is 0 Å². The number of piperidine rings is 1. The third-order valence-electron chi connectivity index (χ3n) is 3.00. The summed E-state index contributed by atoms with van der Waals surface area (Å²) in [6.45, 7) is 7.04. The van der Waals surface area contributed by atoms with E-state index in [4.69, 9.17) is 4.74 Å². The van der Waals surface area contributed by atoms with Crippen molar-refractivity contribution < 1.29 is 9.53 Å². The molecule has 0 bridgehead atoms. The molecule has 0 unspecified atom stereocenters. The summed E-state index contributed by atoms with van der Waals surface area (Å²) in [5, 5.41) is 7.90. The minimum absolute atomic E-state index is 0.226. The first-order valence-corrected chi connectivity index (χ1v) is 6.89. The molecule has 5 nitrogen and oxygen atoms in total. The van der Waals surface area contributed by atoms with Gasteiger partial charge in [0.1, 0.15) is 5.60 Å². The molecule has 1 aliphatic rings. The monoisotopic (exact) mass is 275 g/mol. The van der Waals surface area contributed by atoms with Crippen molar-refractivity contribution in [2.75, 3.05) is 13.1 Å². The van der Waals surface area contributed by atoms with Crippen LogP contribution < -0.4 is 0 Å². The highest BCUT2D eigenvalue weighted by Crippen LogP contribution is 2.20. The Morgan fingerprint density at radius 1 is 1.35 bits per heavy atom. The zero-order valence-electron chi connectivity index (χ0n) is 12.3. The summed E-state index contributed by atoms with van der Waals surface area (Å²) in [6, 6.07) is 3.80. The van der Waals surface area contributed by atoms with Crippen LogP contribution in [0.2, 0.25) is 0 Å². The van der Waals surface area contributed by atoms with Crippen molar-refractivity contribution in [2.45, 2.75) is 39.2 Å². The molecule has 0 atom stereocenters. The summed E-state index contributed by atoms with van der Waals surface area (Å²) in [7, 11) is 0. The first kappa shape index (κ1) is 14.5. The molecule has 1 saturated heterocycles. The van der Waals surface area contributed by atoms with Gasteiger partial charge in [-0.1, -0.05) is 5.57 Å². The zero-order chi connectivity index (χ0) is 14.6. The van der Waals surface area contributed by atoms with E-state index >= 15 is 0 Å². The molecule has 20 heavy (non-hydrogen) atoms. The van der Waals surface area contributed by atoms with E-state index < -0.39 is 5.60 Å². The second-order valence-electron chi connectivity index (χ2n) is 5.92. The summed E-state index contributed by atoms with van der Waals surface area (Å²) in [5.74, 6) is 0. The fourth-order valence-corrected chi connectivity index (χ4v) is 2.05. The van der Waals surface area contributed by atoms with E-state index in [0.29, 0.717) is 13.1 Å². The molecule has 0 radical (unpaired) electrons. The fraction of sp³-hybridized carbons (Fsp3) is 0.533. The van der Waals surface area contributed by atoms with Gasteiger partial charge in [-0.05, 0) is 51.8 Å². The molecule has 1 aromatic rings. The molecule has 2 rings (SSSR count). The molecule has 0 N–H and O–H groups in total. The standard InChI is InChI=1S/C15H21N3O2/c1-15(2,3)20-14(19)18-9-6-12(7-10-18)11-13-5-4-8-16-17-13/h4-5,8,11H,6-7,9-10H2,1-3H3. The molecule has 0 saturated carbocycles. The van der Waals surface area contributed by atoms with Crippen LogP contribution in [0.4, 0.5) is 4.79 Å². The van der Waals surface area contributed by atoms with Gasteiger partial charge < -0.3 is 9.64 Å². The maximum absolute atomic E-state index is 11.9. The molecule has 0 spiro atoms. The Bertz CT molecular complexity index is 482. The largest absolute Gasteiger partial charge is 0.444 e. The van der Waals surface area contributed by atoms with Gasteiger partial charge in [0, 0.05) is 19.3 Å². The number of amides is 1. The lowest BCUT2D eigenvalue weighted by Gasteiger charge is -2.30. The van der Waals surface area contributed by atoms with Gasteiger partial charge in [-0.2, -0.15) is 10.2 Å². The molecule has 0 aliphatic carbocycles. The van der Waals surface area contributed by atoms with Gasteiger partial charge in [-0.3, -0.25) is 0 Å². The molecule has 5 heteroatoms. The normalized spacial score (nSPS) is 15.9. The van der Waals surface area contributed by atoms with Crippen molar-refractivity contribution in [3.05, 3.63) is 29.6 Å². The predicted molar refractivity (Wildman–Crippen MR) is 77.1 cm³/mol. The third-order valence-corrected chi connectivity index (χ3v) is 3.00. The van der Waals surface area contributed by atoms with Crippen molar-refractivity contribution in [1.29, 1.82) is 0 Å². The highest BCUT2D eigenvalue weighted by atomic mass is 16.6. The predicted octanol–water partition coefficient (Wildman–Crippen LogP) is 2.89. The van der Waals surface area contributed by atoms with E-state index in [9.17, 15) is 4.79 Å². The van der Waals surface area contributed by atoms with Crippen molar-refractivity contribution >= 4 is 12.2 Å². The van der Waals surface area contributed by atoms with Crippen LogP contribution in [0.5, 0.6) is 0 Å². The topological polar surface area (TPSA) is 55.3 Å². The Hall–Kier alpha value is -1.91. The summed E-state index contributed by atoms with van der Waals surface area (Å²) < 4.78 is 5.38. The molecular formula is C15H21N3O2. The smallest absolute Gasteiger partial charge is 0.410 e. The highest BCUT2D eigenvalue weighted by Gasteiger charge is 2.24. The number of ether oxygens (including phenoxy) is 1. The Morgan fingerprint density at radius 3 is 2.60 bits per heavy atom. The van der Waals surface area contributed by atoms with Crippen LogP contribution in [-0.2, 0) is 4.74 Å². The SMILES string of the molecule is CC(C)(C)OC(=O)N1CCC(=Cc2cccnn2)CC1. The number of carbonyl (C=O) groups is 1. The van der Waals surface area contributed by atoms with Gasteiger partial charge in [0.05, 0.1) is 5.69 Å². The zero-order valence-corrected chi connectivity index (χ0v) is 12.3. The maximum Gasteiger partial charge on any atom is 0.410 e. The summed E-state index contributed by atoms with van der Waals surface area (Å²) in [5.41, 5.74) is 1.73. The van der Waals surface area contributed by atoms with Crippen LogP contribution in [0.15, 0.2) is 23.9 Å². The third kappa shape index (κ3) is 4.33. The van der Waals surface area contributed by atoms with E-state index in [1.807, 2.05) is 32.9 Å². The molecule has 108 valence electrons. The van der Waals surface area contributed by atoms with E-state index in [2.05, 4.69) is 16.3 Å². The Kier molecular flexibility index (Phi) is 4.37. The summed E-state index contributed by atoms with van der Waals surface area (Å²) in [4.78, 5) is 13.7. The Labute approximate surface area is 119 Å². The number of rotatable bonds is 1. The molecule has 1 amide bonds. The molecule has 2 heterocycles.